The number of imidazole rings is 1. The van der Waals surface area contributed by atoms with Crippen molar-refractivity contribution < 1.29 is 14.9 Å². The Labute approximate surface area is 106 Å². The number of aromatic amines is 1. The number of nitrogens with zero attached hydrogens (tertiary/aromatic N) is 3. The van der Waals surface area contributed by atoms with Gasteiger partial charge in [0.15, 0.2) is 11.5 Å². The lowest BCUT2D eigenvalue weighted by Gasteiger charge is -2.15. The van der Waals surface area contributed by atoms with Crippen molar-refractivity contribution in [2.45, 2.75) is 24.9 Å². The summed E-state index contributed by atoms with van der Waals surface area (Å²) in [5, 5.41) is 18.8. The summed E-state index contributed by atoms with van der Waals surface area (Å²) in [6.45, 7) is -0.321. The van der Waals surface area contributed by atoms with Crippen LogP contribution >= 0.6 is 0 Å². The molecule has 2 aromatic heterocycles. The molecule has 0 aliphatic carbocycles. The van der Waals surface area contributed by atoms with E-state index < -0.39 is 24.1 Å². The van der Waals surface area contributed by atoms with E-state index in [1.807, 2.05) is 0 Å². The number of fused-ring (bicyclic) bond motifs is 1. The molecule has 2 aromatic rings. The van der Waals surface area contributed by atoms with Crippen molar-refractivity contribution in [3.63, 3.8) is 0 Å². The fraction of sp³-hybridized carbons (Fsp3) is 0.500. The molecule has 3 rings (SSSR count). The Balaban J connectivity index is 2.11. The summed E-state index contributed by atoms with van der Waals surface area (Å²) in [5.74, 6) is 0.0611. The zero-order chi connectivity index (χ0) is 13.6. The van der Waals surface area contributed by atoms with Gasteiger partial charge in [-0.3, -0.25) is 0 Å². The Bertz CT molecular complexity index is 665. The predicted octanol–water partition coefficient (Wildman–Crippen LogP) is -1.66. The molecule has 19 heavy (non-hydrogen) atoms. The van der Waals surface area contributed by atoms with Crippen LogP contribution in [-0.2, 0) is 4.74 Å². The van der Waals surface area contributed by atoms with Gasteiger partial charge in [-0.1, -0.05) is 0 Å². The van der Waals surface area contributed by atoms with E-state index in [1.165, 1.54) is 10.9 Å². The average Bonchev–Trinajstić information content (AvgIpc) is 2.96. The summed E-state index contributed by atoms with van der Waals surface area (Å²) in [4.78, 5) is 22.4. The van der Waals surface area contributed by atoms with Gasteiger partial charge in [-0.25, -0.2) is 14.3 Å². The summed E-state index contributed by atoms with van der Waals surface area (Å²) in [7, 11) is 0. The van der Waals surface area contributed by atoms with Crippen LogP contribution in [0.25, 0.3) is 11.2 Å². The van der Waals surface area contributed by atoms with Gasteiger partial charge in [0.25, 0.3) is 0 Å². The minimum atomic E-state index is -0.839. The maximum atomic E-state index is 11.9. The molecule has 0 unspecified atom stereocenters. The van der Waals surface area contributed by atoms with Crippen molar-refractivity contribution in [2.75, 3.05) is 12.3 Å². The number of aromatic nitrogens is 4. The van der Waals surface area contributed by atoms with Crippen LogP contribution in [0.15, 0.2) is 11.1 Å². The number of nitrogen functional groups attached to an aromatic ring is 1. The van der Waals surface area contributed by atoms with Gasteiger partial charge in [0.1, 0.15) is 17.8 Å². The number of rotatable bonds is 2. The number of aliphatic hydroxyl groups excluding tert-OH is 2. The summed E-state index contributed by atoms with van der Waals surface area (Å²) in [6.07, 6.45) is -0.706. The van der Waals surface area contributed by atoms with E-state index in [1.54, 1.807) is 0 Å². The molecular weight excluding hydrogens is 254 g/mol. The molecule has 0 saturated carbocycles. The van der Waals surface area contributed by atoms with Gasteiger partial charge in [-0.05, 0) is 0 Å². The van der Waals surface area contributed by atoms with E-state index in [4.69, 9.17) is 15.6 Å². The van der Waals surface area contributed by atoms with E-state index in [9.17, 15) is 9.90 Å². The first-order valence-corrected chi connectivity index (χ1v) is 5.77. The average molecular weight is 267 g/mol. The normalized spacial score (nSPS) is 27.2. The van der Waals surface area contributed by atoms with Crippen LogP contribution in [0.3, 0.4) is 0 Å². The van der Waals surface area contributed by atoms with Crippen LogP contribution in [0, 0.1) is 0 Å². The van der Waals surface area contributed by atoms with E-state index >= 15 is 0 Å². The van der Waals surface area contributed by atoms with E-state index in [0.717, 1.165) is 0 Å². The van der Waals surface area contributed by atoms with Crippen LogP contribution < -0.4 is 11.4 Å². The molecule has 102 valence electrons. The van der Waals surface area contributed by atoms with E-state index in [0.29, 0.717) is 11.2 Å². The molecule has 0 aromatic carbocycles. The molecule has 1 aliphatic heterocycles. The molecule has 0 radical (unpaired) electrons. The van der Waals surface area contributed by atoms with Gasteiger partial charge in [-0.15, -0.1) is 0 Å². The topological polar surface area (TPSA) is 139 Å². The number of nitrogens with one attached hydrogen (secondary N) is 1. The lowest BCUT2D eigenvalue weighted by molar-refractivity contribution is -0.0444. The zero-order valence-corrected chi connectivity index (χ0v) is 9.85. The molecule has 0 bridgehead atoms. The predicted molar refractivity (Wildman–Crippen MR) is 64.2 cm³/mol. The molecule has 1 aliphatic rings. The minimum Gasteiger partial charge on any atom is -0.394 e. The molecule has 1 fully saturated rings. The number of ether oxygens (including phenoxy) is 1. The number of nitrogens with two attached hydrogens (primary N) is 1. The van der Waals surface area contributed by atoms with Gasteiger partial charge in [0, 0.05) is 6.42 Å². The highest BCUT2D eigenvalue weighted by atomic mass is 16.5. The standard InChI is InChI=1S/C10H13N5O4/c11-8-7-9(13-3-12-7)15(10(18)14-8)6-1-4(17)5(2-16)19-6/h3-6,16-17H,1-2H2,(H,12,13)(H2,11,14,18)/t4-,5+,6+/m0/s1. The number of hydrogen-bond acceptors (Lipinski definition) is 7. The van der Waals surface area contributed by atoms with Crippen LogP contribution in [0.4, 0.5) is 5.82 Å². The van der Waals surface area contributed by atoms with E-state index in [-0.39, 0.29) is 18.8 Å². The number of anilines is 1. The van der Waals surface area contributed by atoms with Crippen molar-refractivity contribution in [1.82, 2.24) is 19.5 Å². The first kappa shape index (κ1) is 12.1. The quantitative estimate of drug-likeness (QED) is 0.510. The second kappa shape index (κ2) is 4.30. The maximum absolute atomic E-state index is 11.9. The molecule has 9 nitrogen and oxygen atoms in total. The van der Waals surface area contributed by atoms with E-state index in [2.05, 4.69) is 15.0 Å². The maximum Gasteiger partial charge on any atom is 0.353 e. The lowest BCUT2D eigenvalue weighted by Crippen LogP contribution is -2.29. The Morgan fingerprint density at radius 2 is 2.42 bits per heavy atom. The molecule has 0 amide bonds. The first-order chi connectivity index (χ1) is 9.11. The van der Waals surface area contributed by atoms with Crippen molar-refractivity contribution in [1.29, 1.82) is 0 Å². The van der Waals surface area contributed by atoms with Crippen LogP contribution in [0.5, 0.6) is 0 Å². The Hall–Kier alpha value is -1.97. The molecule has 1 saturated heterocycles. The van der Waals surface area contributed by atoms with Crippen molar-refractivity contribution in [3.05, 3.63) is 16.8 Å². The van der Waals surface area contributed by atoms with Gasteiger partial charge in [-0.2, -0.15) is 4.98 Å². The summed E-state index contributed by atoms with van der Waals surface area (Å²) >= 11 is 0. The zero-order valence-electron chi connectivity index (χ0n) is 9.85. The molecular formula is C10H13N5O4. The number of aliphatic hydroxyl groups is 2. The molecule has 0 spiro atoms. The van der Waals surface area contributed by atoms with Crippen molar-refractivity contribution in [2.24, 2.45) is 0 Å². The second-order valence-electron chi connectivity index (χ2n) is 4.37. The molecule has 3 atom stereocenters. The van der Waals surface area contributed by atoms with Gasteiger partial charge >= 0.3 is 5.69 Å². The smallest absolute Gasteiger partial charge is 0.353 e. The minimum absolute atomic E-state index is 0.0611. The fourth-order valence-corrected chi connectivity index (χ4v) is 2.26. The molecule has 9 heteroatoms. The van der Waals surface area contributed by atoms with Crippen molar-refractivity contribution in [3.8, 4) is 0 Å². The lowest BCUT2D eigenvalue weighted by atomic mass is 10.2. The van der Waals surface area contributed by atoms with Gasteiger partial charge in [0.2, 0.25) is 0 Å². The highest BCUT2D eigenvalue weighted by Gasteiger charge is 2.36. The first-order valence-electron chi connectivity index (χ1n) is 5.77. The third-order valence-corrected chi connectivity index (χ3v) is 3.20. The highest BCUT2D eigenvalue weighted by molar-refractivity contribution is 5.81. The van der Waals surface area contributed by atoms with Crippen LogP contribution in [0.1, 0.15) is 12.6 Å². The van der Waals surface area contributed by atoms with Gasteiger partial charge < -0.3 is 25.7 Å². The Kier molecular flexibility index (Phi) is 2.73. The fourth-order valence-electron chi connectivity index (χ4n) is 2.26. The third kappa shape index (κ3) is 1.79. The summed E-state index contributed by atoms with van der Waals surface area (Å²) in [6, 6.07) is 0. The second-order valence-corrected chi connectivity index (χ2v) is 4.37. The molecule has 5 N–H and O–H groups in total. The SMILES string of the molecule is Nc1nc(=O)n([C@H]2C[C@H](O)[C@@H](CO)O2)c2nc[nH]c12. The summed E-state index contributed by atoms with van der Waals surface area (Å²) in [5.41, 5.74) is 5.77. The van der Waals surface area contributed by atoms with Crippen LogP contribution in [-0.4, -0.2) is 48.5 Å². The Morgan fingerprint density at radius 3 is 3.11 bits per heavy atom. The Morgan fingerprint density at radius 1 is 1.63 bits per heavy atom. The third-order valence-electron chi connectivity index (χ3n) is 3.20. The molecule has 3 heterocycles. The van der Waals surface area contributed by atoms with Gasteiger partial charge in [0.05, 0.1) is 19.0 Å². The highest BCUT2D eigenvalue weighted by Crippen LogP contribution is 2.29. The summed E-state index contributed by atoms with van der Waals surface area (Å²) < 4.78 is 6.66. The largest absolute Gasteiger partial charge is 0.394 e. The van der Waals surface area contributed by atoms with Crippen LogP contribution in [0.2, 0.25) is 0 Å². The number of H-pyrrole nitrogens is 1. The monoisotopic (exact) mass is 267 g/mol. The van der Waals surface area contributed by atoms with Crippen molar-refractivity contribution >= 4 is 17.0 Å². The number of hydrogen-bond donors (Lipinski definition) is 4.